The van der Waals surface area contributed by atoms with E-state index in [0.29, 0.717) is 6.54 Å². The Morgan fingerprint density at radius 2 is 2.44 bits per heavy atom. The third-order valence-electron chi connectivity index (χ3n) is 2.76. The molecule has 0 aromatic carbocycles. The van der Waals surface area contributed by atoms with Crippen molar-refractivity contribution in [2.75, 3.05) is 0 Å². The fourth-order valence-electron chi connectivity index (χ4n) is 1.61. The largest absolute Gasteiger partial charge is 0.350 e. The summed E-state index contributed by atoms with van der Waals surface area (Å²) in [4.78, 5) is 13.0. The van der Waals surface area contributed by atoms with E-state index in [1.54, 1.807) is 35.5 Å². The Morgan fingerprint density at radius 3 is 3.00 bits per heavy atom. The number of thiophene rings is 1. The van der Waals surface area contributed by atoms with Gasteiger partial charge in [0.1, 0.15) is 6.04 Å². The van der Waals surface area contributed by atoms with Gasteiger partial charge in [-0.15, -0.1) is 11.3 Å². The van der Waals surface area contributed by atoms with Crippen molar-refractivity contribution in [3.8, 4) is 0 Å². The highest BCUT2D eigenvalue weighted by molar-refractivity contribution is 7.10. The fraction of sp³-hybridized carbons (Fsp3) is 0.333. The normalized spacial score (nSPS) is 12.4. The number of hydrogen-bond donors (Lipinski definition) is 2. The van der Waals surface area contributed by atoms with E-state index in [4.69, 9.17) is 5.73 Å². The fourth-order valence-corrected chi connectivity index (χ4v) is 2.46. The van der Waals surface area contributed by atoms with Crippen LogP contribution in [-0.4, -0.2) is 15.7 Å². The van der Waals surface area contributed by atoms with Gasteiger partial charge in [-0.2, -0.15) is 5.10 Å². The number of amides is 1. The van der Waals surface area contributed by atoms with E-state index in [1.807, 2.05) is 18.4 Å². The summed E-state index contributed by atoms with van der Waals surface area (Å²) in [5, 5.41) is 8.86. The lowest BCUT2D eigenvalue weighted by Crippen LogP contribution is -2.33. The van der Waals surface area contributed by atoms with Crippen LogP contribution in [0.3, 0.4) is 0 Å². The Labute approximate surface area is 110 Å². The highest BCUT2D eigenvalue weighted by Gasteiger charge is 2.17. The molecule has 1 unspecified atom stereocenters. The molecule has 0 radical (unpaired) electrons. The molecule has 96 valence electrons. The summed E-state index contributed by atoms with van der Waals surface area (Å²) in [5.41, 5.74) is 7.78. The molecule has 0 fully saturated rings. The second-order valence-electron chi connectivity index (χ2n) is 4.17. The van der Waals surface area contributed by atoms with Crippen LogP contribution in [0.15, 0.2) is 23.8 Å². The number of hydrogen-bond acceptors (Lipinski definition) is 4. The van der Waals surface area contributed by atoms with E-state index in [-0.39, 0.29) is 5.91 Å². The molecule has 0 saturated carbocycles. The average molecular weight is 264 g/mol. The summed E-state index contributed by atoms with van der Waals surface area (Å²) >= 11 is 1.63. The molecule has 0 bridgehead atoms. The smallest absolute Gasteiger partial charge is 0.241 e. The summed E-state index contributed by atoms with van der Waals surface area (Å²) in [7, 11) is 1.79. The first-order valence-electron chi connectivity index (χ1n) is 5.62. The second-order valence-corrected chi connectivity index (χ2v) is 5.17. The molecule has 2 heterocycles. The zero-order chi connectivity index (χ0) is 13.1. The Hall–Kier alpha value is -1.66. The van der Waals surface area contributed by atoms with Gasteiger partial charge in [0, 0.05) is 23.7 Å². The van der Waals surface area contributed by atoms with Crippen molar-refractivity contribution in [1.82, 2.24) is 15.1 Å². The van der Waals surface area contributed by atoms with Crippen molar-refractivity contribution in [3.63, 3.8) is 0 Å². The van der Waals surface area contributed by atoms with E-state index in [2.05, 4.69) is 10.4 Å². The van der Waals surface area contributed by atoms with Gasteiger partial charge in [-0.1, -0.05) is 0 Å². The third-order valence-corrected chi connectivity index (χ3v) is 3.78. The Balaban J connectivity index is 1.94. The highest BCUT2D eigenvalue weighted by Crippen LogP contribution is 2.15. The van der Waals surface area contributed by atoms with E-state index < -0.39 is 6.04 Å². The van der Waals surface area contributed by atoms with E-state index >= 15 is 0 Å². The quantitative estimate of drug-likeness (QED) is 0.868. The number of carbonyl (C=O) groups excluding carboxylic acids is 1. The molecular weight excluding hydrogens is 248 g/mol. The SMILES string of the molecule is Cc1ccsc1CNC(=O)C(N)c1cnn(C)c1. The number of carbonyl (C=O) groups is 1. The van der Waals surface area contributed by atoms with Crippen LogP contribution in [0.4, 0.5) is 0 Å². The van der Waals surface area contributed by atoms with Crippen LogP contribution in [0, 0.1) is 6.92 Å². The maximum Gasteiger partial charge on any atom is 0.241 e. The summed E-state index contributed by atoms with van der Waals surface area (Å²) in [6.07, 6.45) is 3.36. The molecule has 2 aromatic heterocycles. The van der Waals surface area contributed by atoms with Crippen molar-refractivity contribution < 1.29 is 4.79 Å². The zero-order valence-corrected chi connectivity index (χ0v) is 11.2. The molecule has 0 spiro atoms. The minimum Gasteiger partial charge on any atom is -0.350 e. The number of nitrogens with one attached hydrogen (secondary N) is 1. The summed E-state index contributed by atoms with van der Waals surface area (Å²) in [5.74, 6) is -0.184. The number of nitrogens with two attached hydrogens (primary N) is 1. The zero-order valence-electron chi connectivity index (χ0n) is 10.4. The molecular formula is C12H16N4OS. The van der Waals surface area contributed by atoms with Gasteiger partial charge in [0.2, 0.25) is 5.91 Å². The molecule has 1 atom stereocenters. The Bertz CT molecular complexity index is 546. The lowest BCUT2D eigenvalue weighted by molar-refractivity contribution is -0.122. The Kier molecular flexibility index (Phi) is 3.78. The van der Waals surface area contributed by atoms with Crippen molar-refractivity contribution >= 4 is 17.2 Å². The molecule has 0 aliphatic heterocycles. The first-order valence-corrected chi connectivity index (χ1v) is 6.50. The van der Waals surface area contributed by atoms with E-state index in [1.165, 1.54) is 5.56 Å². The van der Waals surface area contributed by atoms with Gasteiger partial charge in [-0.25, -0.2) is 0 Å². The molecule has 0 aliphatic rings. The molecule has 5 nitrogen and oxygen atoms in total. The first-order chi connectivity index (χ1) is 8.58. The minimum atomic E-state index is -0.668. The van der Waals surface area contributed by atoms with E-state index in [0.717, 1.165) is 10.4 Å². The van der Waals surface area contributed by atoms with Crippen molar-refractivity contribution in [2.24, 2.45) is 12.8 Å². The van der Waals surface area contributed by atoms with Gasteiger partial charge < -0.3 is 11.1 Å². The van der Waals surface area contributed by atoms with Crippen LogP contribution in [0.5, 0.6) is 0 Å². The predicted molar refractivity (Wildman–Crippen MR) is 71.0 cm³/mol. The van der Waals surface area contributed by atoms with Gasteiger partial charge in [0.15, 0.2) is 0 Å². The lowest BCUT2D eigenvalue weighted by Gasteiger charge is -2.10. The lowest BCUT2D eigenvalue weighted by atomic mass is 10.1. The van der Waals surface area contributed by atoms with Gasteiger partial charge >= 0.3 is 0 Å². The molecule has 0 aliphatic carbocycles. The van der Waals surface area contributed by atoms with Gasteiger partial charge in [0.05, 0.1) is 12.7 Å². The van der Waals surface area contributed by atoms with Crippen LogP contribution in [0.1, 0.15) is 22.0 Å². The van der Waals surface area contributed by atoms with Crippen molar-refractivity contribution in [1.29, 1.82) is 0 Å². The van der Waals surface area contributed by atoms with Crippen molar-refractivity contribution in [3.05, 3.63) is 39.8 Å². The predicted octanol–water partition coefficient (Wildman–Crippen LogP) is 1.11. The highest BCUT2D eigenvalue weighted by atomic mass is 32.1. The maximum absolute atomic E-state index is 11.9. The van der Waals surface area contributed by atoms with Gasteiger partial charge in [-0.3, -0.25) is 9.48 Å². The molecule has 3 N–H and O–H groups in total. The van der Waals surface area contributed by atoms with Crippen LogP contribution >= 0.6 is 11.3 Å². The second kappa shape index (κ2) is 5.32. The van der Waals surface area contributed by atoms with Gasteiger partial charge in [-0.05, 0) is 23.9 Å². The van der Waals surface area contributed by atoms with Crippen molar-refractivity contribution in [2.45, 2.75) is 19.5 Å². The topological polar surface area (TPSA) is 72.9 Å². The first kappa shape index (κ1) is 12.8. The number of rotatable bonds is 4. The van der Waals surface area contributed by atoms with Crippen LogP contribution in [0.25, 0.3) is 0 Å². The number of aryl methyl sites for hydroxylation is 2. The standard InChI is InChI=1S/C12H16N4OS/c1-8-3-4-18-10(8)6-14-12(17)11(13)9-5-15-16(2)7-9/h3-5,7,11H,6,13H2,1-2H3,(H,14,17). The third kappa shape index (κ3) is 2.77. The monoisotopic (exact) mass is 264 g/mol. The molecule has 18 heavy (non-hydrogen) atoms. The summed E-state index contributed by atoms with van der Waals surface area (Å²) in [6.45, 7) is 2.55. The molecule has 6 heteroatoms. The maximum atomic E-state index is 11.9. The number of nitrogens with zero attached hydrogens (tertiary/aromatic N) is 2. The Morgan fingerprint density at radius 1 is 1.67 bits per heavy atom. The summed E-state index contributed by atoms with van der Waals surface area (Å²) < 4.78 is 1.63. The van der Waals surface area contributed by atoms with Crippen LogP contribution in [-0.2, 0) is 18.4 Å². The molecule has 2 aromatic rings. The molecule has 2 rings (SSSR count). The molecule has 0 saturated heterocycles. The van der Waals surface area contributed by atoms with E-state index in [9.17, 15) is 4.79 Å². The summed E-state index contributed by atoms with van der Waals surface area (Å²) in [6, 6.07) is 1.37. The average Bonchev–Trinajstić information content (AvgIpc) is 2.94. The van der Waals surface area contributed by atoms with Crippen LogP contribution in [0.2, 0.25) is 0 Å². The number of aromatic nitrogens is 2. The van der Waals surface area contributed by atoms with Crippen LogP contribution < -0.4 is 11.1 Å². The van der Waals surface area contributed by atoms with Gasteiger partial charge in [0.25, 0.3) is 0 Å². The minimum absolute atomic E-state index is 0.184. The molecule has 1 amide bonds.